The summed E-state index contributed by atoms with van der Waals surface area (Å²) in [7, 11) is -4.37. The average molecular weight is 655 g/mol. The predicted molar refractivity (Wildman–Crippen MR) is 167 cm³/mol. The number of aromatic nitrogens is 2. The minimum Gasteiger partial charge on any atom is -0.493 e. The van der Waals surface area contributed by atoms with E-state index in [1.165, 1.54) is 30.3 Å². The van der Waals surface area contributed by atoms with Gasteiger partial charge in [-0.25, -0.2) is 12.4 Å². The van der Waals surface area contributed by atoms with E-state index in [1.54, 1.807) is 74.6 Å². The highest BCUT2D eigenvalue weighted by atomic mass is 35.5. The lowest BCUT2D eigenvalue weighted by atomic mass is 9.73. The van der Waals surface area contributed by atoms with Gasteiger partial charge in [-0.3, -0.25) is 4.98 Å². The molecule has 5 aromatic rings. The summed E-state index contributed by atoms with van der Waals surface area (Å²) in [5.41, 5.74) is -2.12. The maximum absolute atomic E-state index is 15.0. The van der Waals surface area contributed by atoms with E-state index in [0.717, 1.165) is 9.54 Å². The van der Waals surface area contributed by atoms with Crippen molar-refractivity contribution in [1.82, 2.24) is 8.96 Å². The smallest absolute Gasteiger partial charge is 0.417 e. The van der Waals surface area contributed by atoms with Crippen molar-refractivity contribution < 1.29 is 31.4 Å². The number of aliphatic hydroxyl groups is 1. The second-order valence-corrected chi connectivity index (χ2v) is 14.2. The van der Waals surface area contributed by atoms with Gasteiger partial charge in [0.05, 0.1) is 22.7 Å². The Morgan fingerprint density at radius 1 is 0.978 bits per heavy atom. The topological polar surface area (TPSA) is 81.4 Å². The van der Waals surface area contributed by atoms with Gasteiger partial charge in [0.25, 0.3) is 10.0 Å². The van der Waals surface area contributed by atoms with Crippen molar-refractivity contribution >= 4 is 32.5 Å². The first kappa shape index (κ1) is 31.1. The highest BCUT2D eigenvalue weighted by Crippen LogP contribution is 2.48. The lowest BCUT2D eigenvalue weighted by Crippen LogP contribution is -2.51. The molecule has 6 rings (SSSR count). The van der Waals surface area contributed by atoms with Crippen molar-refractivity contribution in [2.45, 2.75) is 55.2 Å². The quantitative estimate of drug-likeness (QED) is 0.185. The van der Waals surface area contributed by atoms with Crippen LogP contribution in [0.1, 0.15) is 37.1 Å². The van der Waals surface area contributed by atoms with Crippen molar-refractivity contribution in [3.05, 3.63) is 113 Å². The minimum absolute atomic E-state index is 0.0972. The lowest BCUT2D eigenvalue weighted by Gasteiger charge is -2.38. The molecule has 45 heavy (non-hydrogen) atoms. The molecule has 0 fully saturated rings. The molecule has 0 saturated heterocycles. The summed E-state index contributed by atoms with van der Waals surface area (Å²) in [6, 6.07) is 22.4. The summed E-state index contributed by atoms with van der Waals surface area (Å²) in [4.78, 5) is 4.24. The third-order valence-electron chi connectivity index (χ3n) is 8.28. The van der Waals surface area contributed by atoms with Crippen molar-refractivity contribution in [2.24, 2.45) is 0 Å². The van der Waals surface area contributed by atoms with E-state index in [-0.39, 0.29) is 16.1 Å². The van der Waals surface area contributed by atoms with Crippen LogP contribution in [0.15, 0.2) is 96.0 Å². The first-order chi connectivity index (χ1) is 21.2. The molecule has 0 saturated carbocycles. The number of alkyl halides is 3. The second kappa shape index (κ2) is 11.2. The van der Waals surface area contributed by atoms with E-state index < -0.39 is 40.1 Å². The summed E-state index contributed by atoms with van der Waals surface area (Å²) in [5.74, 6) is 0.469. The summed E-state index contributed by atoms with van der Waals surface area (Å²) in [5, 5.41) is 12.4. The number of halogens is 4. The van der Waals surface area contributed by atoms with Crippen LogP contribution < -0.4 is 4.74 Å². The molecular weight excluding hydrogens is 625 g/mol. The lowest BCUT2D eigenvalue weighted by molar-refractivity contribution is -0.266. The Labute approximate surface area is 264 Å². The average Bonchev–Trinajstić information content (AvgIpc) is 3.60. The Bertz CT molecular complexity index is 2000. The molecular formula is C34H30ClF3N2O4S. The summed E-state index contributed by atoms with van der Waals surface area (Å²) < 4.78 is 79.8. The first-order valence-corrected chi connectivity index (χ1v) is 16.1. The number of fused-ring (bicyclic) bond motifs is 2. The van der Waals surface area contributed by atoms with Crippen LogP contribution >= 0.6 is 11.6 Å². The van der Waals surface area contributed by atoms with Crippen LogP contribution in [0.4, 0.5) is 13.2 Å². The number of hydrogen-bond acceptors (Lipinski definition) is 5. The maximum atomic E-state index is 15.0. The Kier molecular flexibility index (Phi) is 7.74. The molecule has 1 N–H and O–H groups in total. The zero-order valence-electron chi connectivity index (χ0n) is 24.5. The van der Waals surface area contributed by atoms with Gasteiger partial charge in [0, 0.05) is 46.3 Å². The SMILES string of the molecule is CC(C)(CC(O)(Cc1cc2cc(-c3ccccn3)ccc2n1S(=O)(=O)c1ccccc1)C(F)(F)F)c1cc(Cl)cc2c1OCC2. The third kappa shape index (κ3) is 5.71. The van der Waals surface area contributed by atoms with Gasteiger partial charge in [0.2, 0.25) is 0 Å². The summed E-state index contributed by atoms with van der Waals surface area (Å²) in [6.07, 6.45) is -4.75. The minimum atomic E-state index is -5.12. The van der Waals surface area contributed by atoms with Crippen LogP contribution in [0.2, 0.25) is 5.02 Å². The molecule has 1 aliphatic rings. The van der Waals surface area contributed by atoms with Crippen LogP contribution in [0.5, 0.6) is 5.75 Å². The molecule has 1 atom stereocenters. The molecule has 0 spiro atoms. The standard InChI is InChI=1S/C34H30ClF3N2O4S/c1-32(2,28-19-25(35)17-23-13-15-44-31(23)28)21-33(41,34(36,37)38)20-26-18-24-16-22(29-10-6-7-14-39-29)11-12-30(24)40(26)45(42,43)27-8-4-3-5-9-27/h3-12,14,16-19,41H,13,15,20-21H2,1-2H3. The Balaban J connectivity index is 1.50. The number of ether oxygens (including phenoxy) is 1. The fraction of sp³-hybridized carbons (Fsp3) is 0.265. The van der Waals surface area contributed by atoms with E-state index in [1.807, 2.05) is 0 Å². The molecule has 3 aromatic carbocycles. The molecule has 0 radical (unpaired) electrons. The van der Waals surface area contributed by atoms with Crippen LogP contribution in [0.25, 0.3) is 22.2 Å². The molecule has 6 nitrogen and oxygen atoms in total. The van der Waals surface area contributed by atoms with Gasteiger partial charge in [-0.1, -0.05) is 55.8 Å². The number of hydrogen-bond donors (Lipinski definition) is 1. The van der Waals surface area contributed by atoms with E-state index in [9.17, 15) is 13.5 Å². The van der Waals surface area contributed by atoms with E-state index in [0.29, 0.717) is 46.0 Å². The Hall–Kier alpha value is -3.86. The molecule has 0 amide bonds. The molecule has 1 unspecified atom stereocenters. The highest BCUT2D eigenvalue weighted by molar-refractivity contribution is 7.90. The number of benzene rings is 3. The molecule has 3 heterocycles. The van der Waals surface area contributed by atoms with Crippen molar-refractivity contribution in [2.75, 3.05) is 6.61 Å². The predicted octanol–water partition coefficient (Wildman–Crippen LogP) is 7.73. The van der Waals surface area contributed by atoms with Gasteiger partial charge >= 0.3 is 6.18 Å². The molecule has 0 bridgehead atoms. The van der Waals surface area contributed by atoms with Crippen LogP contribution in [-0.2, 0) is 28.3 Å². The first-order valence-electron chi connectivity index (χ1n) is 14.3. The zero-order chi connectivity index (χ0) is 32.2. The van der Waals surface area contributed by atoms with Gasteiger partial charge in [0.1, 0.15) is 5.75 Å². The number of pyridine rings is 1. The largest absolute Gasteiger partial charge is 0.493 e. The molecule has 234 valence electrons. The van der Waals surface area contributed by atoms with Gasteiger partial charge in [-0.15, -0.1) is 0 Å². The monoisotopic (exact) mass is 654 g/mol. The van der Waals surface area contributed by atoms with Crippen molar-refractivity contribution in [1.29, 1.82) is 0 Å². The van der Waals surface area contributed by atoms with Gasteiger partial charge in [-0.2, -0.15) is 13.2 Å². The zero-order valence-corrected chi connectivity index (χ0v) is 26.0. The third-order valence-corrected chi connectivity index (χ3v) is 10.3. The van der Waals surface area contributed by atoms with Gasteiger partial charge in [-0.05, 0) is 72.0 Å². The summed E-state index contributed by atoms with van der Waals surface area (Å²) in [6.45, 7) is 3.56. The van der Waals surface area contributed by atoms with Gasteiger partial charge < -0.3 is 9.84 Å². The second-order valence-electron chi connectivity index (χ2n) is 12.0. The van der Waals surface area contributed by atoms with Crippen LogP contribution in [0.3, 0.4) is 0 Å². The molecule has 1 aliphatic heterocycles. The van der Waals surface area contributed by atoms with Crippen molar-refractivity contribution in [3.63, 3.8) is 0 Å². The van der Waals surface area contributed by atoms with E-state index in [4.69, 9.17) is 16.3 Å². The van der Waals surface area contributed by atoms with Crippen LogP contribution in [-0.4, -0.2) is 40.9 Å². The molecule has 0 aliphatic carbocycles. The highest BCUT2D eigenvalue weighted by Gasteiger charge is 2.57. The number of rotatable bonds is 8. The van der Waals surface area contributed by atoms with Crippen molar-refractivity contribution in [3.8, 4) is 17.0 Å². The molecule has 2 aromatic heterocycles. The molecule has 11 heteroatoms. The van der Waals surface area contributed by atoms with Gasteiger partial charge in [0.15, 0.2) is 5.60 Å². The number of nitrogens with zero attached hydrogens (tertiary/aromatic N) is 2. The fourth-order valence-electron chi connectivity index (χ4n) is 6.21. The fourth-order valence-corrected chi connectivity index (χ4v) is 8.01. The van der Waals surface area contributed by atoms with E-state index in [2.05, 4.69) is 4.98 Å². The maximum Gasteiger partial charge on any atom is 0.417 e. The Morgan fingerprint density at radius 3 is 2.40 bits per heavy atom. The summed E-state index contributed by atoms with van der Waals surface area (Å²) >= 11 is 6.34. The normalized spacial score (nSPS) is 15.1. The van der Waals surface area contributed by atoms with E-state index >= 15 is 13.2 Å². The Morgan fingerprint density at radius 2 is 1.71 bits per heavy atom. The van der Waals surface area contributed by atoms with Crippen LogP contribution in [0, 0.1) is 0 Å².